The minimum absolute atomic E-state index is 0.0134. The number of nitriles is 1. The molecule has 0 saturated carbocycles. The Balaban J connectivity index is 0.000000214. The number of Topliss-reactive ketones (excluding diaryl/α,β-unsaturated/α-hetero) is 1. The molecule has 14 heteroatoms. The number of amides is 1. The summed E-state index contributed by atoms with van der Waals surface area (Å²) >= 11 is 6.23. The Kier molecular flexibility index (Phi) is 23.1. The van der Waals surface area contributed by atoms with Crippen molar-refractivity contribution in [2.45, 2.75) is 50.9 Å². The number of aliphatic hydroxyl groups is 2. The summed E-state index contributed by atoms with van der Waals surface area (Å²) in [4.78, 5) is 25.7. The first-order chi connectivity index (χ1) is 27.8. The zero-order valence-corrected chi connectivity index (χ0v) is 35.7. The van der Waals surface area contributed by atoms with E-state index in [1.165, 1.54) is 38.3 Å². The van der Waals surface area contributed by atoms with Gasteiger partial charge in [-0.05, 0) is 104 Å². The Hall–Kier alpha value is -4.43. The van der Waals surface area contributed by atoms with E-state index in [1.807, 2.05) is 60.6 Å². The first kappa shape index (κ1) is 46.9. The Morgan fingerprint density at radius 1 is 0.702 bits per heavy atom. The van der Waals surface area contributed by atoms with Gasteiger partial charge in [-0.15, -0.1) is 45.3 Å². The number of fused-ring (bicyclic) bond motifs is 1. The van der Waals surface area contributed by atoms with Crippen LogP contribution in [0.25, 0.3) is 10.8 Å². The smallest absolute Gasteiger partial charge is 0.407 e. The number of aliphatic hydroxyl groups excluding tert-OH is 2. The van der Waals surface area contributed by atoms with Crippen LogP contribution in [0.3, 0.4) is 0 Å². The van der Waals surface area contributed by atoms with Crippen molar-refractivity contribution in [2.24, 2.45) is 0 Å². The fourth-order valence-corrected chi connectivity index (χ4v) is 8.02. The molecule has 0 bridgehead atoms. The van der Waals surface area contributed by atoms with Crippen LogP contribution in [0.2, 0.25) is 0 Å². The molecule has 0 fully saturated rings. The molecule has 4 aromatic heterocycles. The van der Waals surface area contributed by atoms with Gasteiger partial charge in [-0.1, -0.05) is 60.7 Å². The van der Waals surface area contributed by atoms with E-state index in [4.69, 9.17) is 10.00 Å². The van der Waals surface area contributed by atoms with E-state index >= 15 is 0 Å². The maximum Gasteiger partial charge on any atom is 0.407 e. The molecule has 0 aliphatic carbocycles. The highest BCUT2D eigenvalue weighted by molar-refractivity contribution is 7.12. The summed E-state index contributed by atoms with van der Waals surface area (Å²) in [6.45, 7) is 4.32. The van der Waals surface area contributed by atoms with Gasteiger partial charge in [-0.2, -0.15) is 5.26 Å². The number of thiophene rings is 4. The topological polar surface area (TPSA) is 153 Å². The first-order valence-electron chi connectivity index (χ1n) is 18.5. The number of alkyl carbamates (subject to hydrolysis) is 1. The third-order valence-electron chi connectivity index (χ3n) is 7.95. The Labute approximate surface area is 351 Å². The highest BCUT2D eigenvalue weighted by atomic mass is 32.1. The molecular weight excluding hydrogens is 797 g/mol. The number of hydrogen-bond acceptors (Lipinski definition) is 13. The second-order valence-electron chi connectivity index (χ2n) is 12.1. The molecule has 2 aromatic carbocycles. The van der Waals surface area contributed by atoms with Crippen LogP contribution in [-0.2, 0) is 4.74 Å². The molecule has 304 valence electrons. The minimum Gasteiger partial charge on any atom is -0.484 e. The lowest BCUT2D eigenvalue weighted by molar-refractivity contribution is 0.100. The van der Waals surface area contributed by atoms with Crippen molar-refractivity contribution in [3.05, 3.63) is 132 Å². The van der Waals surface area contributed by atoms with Crippen molar-refractivity contribution in [3.8, 4) is 11.8 Å². The molecule has 0 saturated heterocycles. The molecule has 5 N–H and O–H groups in total. The maximum absolute atomic E-state index is 10.9. The quantitative estimate of drug-likeness (QED) is 0.0565. The van der Waals surface area contributed by atoms with Crippen molar-refractivity contribution in [3.63, 3.8) is 0 Å². The van der Waals surface area contributed by atoms with Crippen molar-refractivity contribution in [2.75, 3.05) is 40.3 Å². The zero-order valence-electron chi connectivity index (χ0n) is 32.5. The molecule has 6 aromatic rings. The summed E-state index contributed by atoms with van der Waals surface area (Å²) in [5, 5.41) is 46.3. The first-order valence-corrected chi connectivity index (χ1v) is 22.1. The summed E-state index contributed by atoms with van der Waals surface area (Å²) in [6.07, 6.45) is 1.10. The van der Waals surface area contributed by atoms with E-state index in [1.54, 1.807) is 41.7 Å². The number of nitrogens with zero attached hydrogens (tertiary/aromatic N) is 1. The van der Waals surface area contributed by atoms with Gasteiger partial charge >= 0.3 is 6.09 Å². The normalized spacial score (nSPS) is 11.9. The van der Waals surface area contributed by atoms with Crippen molar-refractivity contribution in [1.82, 2.24) is 16.0 Å². The van der Waals surface area contributed by atoms with Gasteiger partial charge in [0.25, 0.3) is 0 Å². The summed E-state index contributed by atoms with van der Waals surface area (Å²) in [7, 11) is 3.87. The molecule has 10 nitrogen and oxygen atoms in total. The van der Waals surface area contributed by atoms with Gasteiger partial charge in [0, 0.05) is 33.0 Å². The molecule has 6 rings (SSSR count). The molecule has 57 heavy (non-hydrogen) atoms. The highest BCUT2D eigenvalue weighted by Crippen LogP contribution is 2.32. The van der Waals surface area contributed by atoms with E-state index in [-0.39, 0.29) is 24.4 Å². The number of nitrogens with one attached hydrogen (secondary N) is 3. The SMILES string of the molecule is CCOC(=O)NCC[C@H](O)c1cccs1.CNCC[C@H](O)c1cccs1.CNCC[C@H](Oc1cccc2ccccc12)c1cccs1.N#CCC(=O)c1cccs1. The fourth-order valence-electron chi connectivity index (χ4n) is 5.08. The van der Waals surface area contributed by atoms with E-state index in [9.17, 15) is 19.8 Å². The zero-order chi connectivity index (χ0) is 41.1. The largest absolute Gasteiger partial charge is 0.484 e. The van der Waals surface area contributed by atoms with Gasteiger partial charge in [-0.25, -0.2) is 4.79 Å². The van der Waals surface area contributed by atoms with Gasteiger partial charge in [0.05, 0.1) is 36.2 Å². The van der Waals surface area contributed by atoms with Crippen LogP contribution in [-0.4, -0.2) is 62.4 Å². The molecule has 0 radical (unpaired) electrons. The average molecular weight is 849 g/mol. The third kappa shape index (κ3) is 17.7. The second-order valence-corrected chi connectivity index (χ2v) is 16.0. The van der Waals surface area contributed by atoms with Gasteiger partial charge in [0.15, 0.2) is 5.78 Å². The Morgan fingerprint density at radius 3 is 1.82 bits per heavy atom. The van der Waals surface area contributed by atoms with Gasteiger partial charge < -0.3 is 35.6 Å². The van der Waals surface area contributed by atoms with Crippen molar-refractivity contribution < 1.29 is 29.3 Å². The number of ketones is 1. The molecule has 1 amide bonds. The van der Waals surface area contributed by atoms with Crippen LogP contribution >= 0.6 is 45.3 Å². The van der Waals surface area contributed by atoms with Gasteiger partial charge in [0.2, 0.25) is 0 Å². The molecule has 0 aliphatic rings. The summed E-state index contributed by atoms with van der Waals surface area (Å²) in [5.74, 6) is 0.875. The van der Waals surface area contributed by atoms with E-state index in [0.29, 0.717) is 24.4 Å². The highest BCUT2D eigenvalue weighted by Gasteiger charge is 2.15. The molecular formula is C43H52N4O6S4. The number of hydrogen-bond donors (Lipinski definition) is 5. The van der Waals surface area contributed by atoms with Crippen molar-refractivity contribution in [1.29, 1.82) is 5.26 Å². The predicted octanol–water partition coefficient (Wildman–Crippen LogP) is 9.78. The lowest BCUT2D eigenvalue weighted by Gasteiger charge is -2.19. The Morgan fingerprint density at radius 2 is 1.26 bits per heavy atom. The monoisotopic (exact) mass is 848 g/mol. The van der Waals surface area contributed by atoms with Crippen LogP contribution in [0.15, 0.2) is 113 Å². The summed E-state index contributed by atoms with van der Waals surface area (Å²) < 4.78 is 11.0. The molecule has 3 atom stereocenters. The fraction of sp³-hybridized carbons (Fsp3) is 0.326. The van der Waals surface area contributed by atoms with Crippen LogP contribution in [0.1, 0.15) is 75.2 Å². The summed E-state index contributed by atoms with van der Waals surface area (Å²) in [5.41, 5.74) is 0. The number of carbonyl (C=O) groups excluding carboxylic acids is 2. The number of benzene rings is 2. The molecule has 0 aliphatic heterocycles. The van der Waals surface area contributed by atoms with Crippen LogP contribution in [0.5, 0.6) is 5.75 Å². The van der Waals surface area contributed by atoms with Gasteiger partial charge in [0.1, 0.15) is 11.9 Å². The van der Waals surface area contributed by atoms with Gasteiger partial charge in [-0.3, -0.25) is 4.79 Å². The van der Waals surface area contributed by atoms with Crippen LogP contribution in [0, 0.1) is 11.3 Å². The second kappa shape index (κ2) is 28.0. The predicted molar refractivity (Wildman–Crippen MR) is 236 cm³/mol. The third-order valence-corrected chi connectivity index (χ3v) is 11.8. The van der Waals surface area contributed by atoms with Crippen molar-refractivity contribution >= 4 is 68.0 Å². The molecule has 0 unspecified atom stereocenters. The summed E-state index contributed by atoms with van der Waals surface area (Å²) in [6, 6.07) is 31.9. The lowest BCUT2D eigenvalue weighted by atomic mass is 10.1. The standard InChI is InChI=1S/C18H19NOS.C10H15NO3S.C8H13NOS.C7H5NOS/c1-19-12-11-17(18-10-5-13-21-18)20-16-9-4-7-14-6-2-3-8-15(14)16;1-2-14-10(13)11-6-5-8(12)9-4-3-7-15-9;1-9-5-4-7(10)8-3-2-6-11-8;8-4-3-6(9)7-2-1-5-10-7/h2-10,13,17,19H,11-12H2,1H3;3-4,7-8,12H,2,5-6H2,1H3,(H,11,13);2-3,6-7,9-10H,4-5H2,1H3;1-2,5H,3H2/t17-;8-;7-;/m000./s1. The lowest BCUT2D eigenvalue weighted by Crippen LogP contribution is -2.26. The van der Waals surface area contributed by atoms with Crippen LogP contribution in [0.4, 0.5) is 4.79 Å². The van der Waals surface area contributed by atoms with E-state index < -0.39 is 12.2 Å². The number of rotatable bonds is 17. The minimum atomic E-state index is -0.507. The molecule has 0 spiro atoms. The number of carbonyl (C=O) groups is 2. The Bertz CT molecular complexity index is 1960. The number of ether oxygens (including phenoxy) is 2. The molecule has 4 heterocycles. The maximum atomic E-state index is 10.9. The average Bonchev–Trinajstić information content (AvgIpc) is 4.08. The van der Waals surface area contributed by atoms with E-state index in [0.717, 1.165) is 41.4 Å². The van der Waals surface area contributed by atoms with E-state index in [2.05, 4.69) is 80.7 Å². The van der Waals surface area contributed by atoms with Crippen LogP contribution < -0.4 is 20.7 Å².